The molecule has 1 unspecified atom stereocenters. The zero-order valence-corrected chi connectivity index (χ0v) is 6.30. The molecule has 52 valence electrons. The summed E-state index contributed by atoms with van der Waals surface area (Å²) in [5.74, 6) is 0. The molecule has 2 rings (SSSR count). The lowest BCUT2D eigenvalue weighted by molar-refractivity contribution is 0.445. The highest BCUT2D eigenvalue weighted by Gasteiger charge is 2.29. The number of hydrogen-bond acceptors (Lipinski definition) is 0. The van der Waals surface area contributed by atoms with Crippen LogP contribution in [0, 0.1) is 5.41 Å². The molecule has 0 N–H and O–H groups in total. The van der Waals surface area contributed by atoms with Crippen molar-refractivity contribution in [2.75, 3.05) is 0 Å². The van der Waals surface area contributed by atoms with E-state index >= 15 is 0 Å². The van der Waals surface area contributed by atoms with Crippen molar-refractivity contribution in [1.82, 2.24) is 0 Å². The van der Waals surface area contributed by atoms with Crippen molar-refractivity contribution >= 4 is 0 Å². The summed E-state index contributed by atoms with van der Waals surface area (Å²) in [7, 11) is 0. The van der Waals surface area contributed by atoms with E-state index in [1.165, 1.54) is 18.4 Å². The lowest BCUT2D eigenvalue weighted by Crippen LogP contribution is -2.22. The first-order valence-electron chi connectivity index (χ1n) is 3.83. The molecule has 0 heterocycles. The molecule has 0 amide bonds. The summed E-state index contributed by atoms with van der Waals surface area (Å²) in [5, 5.41) is 0. The highest BCUT2D eigenvalue weighted by Crippen LogP contribution is 2.42. The number of hydrogen-bond donors (Lipinski definition) is 0. The van der Waals surface area contributed by atoms with Crippen LogP contribution in [0.5, 0.6) is 0 Å². The molecular formula is C10H12. The van der Waals surface area contributed by atoms with Gasteiger partial charge in [-0.3, -0.25) is 0 Å². The summed E-state index contributed by atoms with van der Waals surface area (Å²) in [6.45, 7) is 2.21. The number of rotatable bonds is 0. The van der Waals surface area contributed by atoms with Gasteiger partial charge in [0, 0.05) is 5.41 Å². The van der Waals surface area contributed by atoms with Gasteiger partial charge in [-0.15, -0.1) is 0 Å². The molecule has 0 radical (unpaired) electrons. The molecular weight excluding hydrogens is 120 g/mol. The maximum Gasteiger partial charge on any atom is 0.0136 e. The van der Waals surface area contributed by atoms with Gasteiger partial charge in [0.25, 0.3) is 0 Å². The first-order chi connectivity index (χ1) is 4.81. The second-order valence-electron chi connectivity index (χ2n) is 3.39. The molecule has 0 fully saturated rings. The monoisotopic (exact) mass is 132 g/mol. The second-order valence-corrected chi connectivity index (χ2v) is 3.39. The Balaban J connectivity index is 2.24. The summed E-state index contributed by atoms with van der Waals surface area (Å²) in [4.78, 5) is 0. The topological polar surface area (TPSA) is 0 Å². The Kier molecular flexibility index (Phi) is 1.10. The second kappa shape index (κ2) is 1.85. The zero-order valence-electron chi connectivity index (χ0n) is 6.30. The predicted octanol–water partition coefficient (Wildman–Crippen LogP) is 2.84. The SMILES string of the molecule is CC1=CC=CC2(C=CC2)C1. The van der Waals surface area contributed by atoms with E-state index in [4.69, 9.17) is 0 Å². The molecule has 0 bridgehead atoms. The molecule has 2 aliphatic carbocycles. The Morgan fingerprint density at radius 1 is 1.40 bits per heavy atom. The van der Waals surface area contributed by atoms with E-state index in [0.717, 1.165) is 0 Å². The quantitative estimate of drug-likeness (QED) is 0.444. The van der Waals surface area contributed by atoms with Gasteiger partial charge in [-0.05, 0) is 19.8 Å². The summed E-state index contributed by atoms with van der Waals surface area (Å²) in [6.07, 6.45) is 13.8. The van der Waals surface area contributed by atoms with Crippen molar-refractivity contribution in [1.29, 1.82) is 0 Å². The molecule has 0 aromatic rings. The molecule has 0 aromatic carbocycles. The minimum atomic E-state index is 0.443. The van der Waals surface area contributed by atoms with Gasteiger partial charge in [0.1, 0.15) is 0 Å². The fourth-order valence-corrected chi connectivity index (χ4v) is 1.72. The summed E-state index contributed by atoms with van der Waals surface area (Å²) < 4.78 is 0. The van der Waals surface area contributed by atoms with Crippen LogP contribution in [0.4, 0.5) is 0 Å². The van der Waals surface area contributed by atoms with Crippen LogP contribution in [0.2, 0.25) is 0 Å². The highest BCUT2D eigenvalue weighted by molar-refractivity contribution is 5.32. The predicted molar refractivity (Wildman–Crippen MR) is 43.7 cm³/mol. The van der Waals surface area contributed by atoms with Gasteiger partial charge < -0.3 is 0 Å². The third-order valence-electron chi connectivity index (χ3n) is 2.36. The Morgan fingerprint density at radius 3 is 2.60 bits per heavy atom. The maximum absolute atomic E-state index is 2.32. The fourth-order valence-electron chi connectivity index (χ4n) is 1.72. The minimum absolute atomic E-state index is 0.443. The van der Waals surface area contributed by atoms with E-state index in [-0.39, 0.29) is 0 Å². The van der Waals surface area contributed by atoms with E-state index in [9.17, 15) is 0 Å². The third kappa shape index (κ3) is 0.756. The van der Waals surface area contributed by atoms with Gasteiger partial charge in [0.2, 0.25) is 0 Å². The highest BCUT2D eigenvalue weighted by atomic mass is 14.3. The third-order valence-corrected chi connectivity index (χ3v) is 2.36. The molecule has 10 heavy (non-hydrogen) atoms. The molecule has 0 saturated carbocycles. The Hall–Kier alpha value is -0.780. The Bertz CT molecular complexity index is 230. The van der Waals surface area contributed by atoms with Crippen LogP contribution in [-0.2, 0) is 0 Å². The molecule has 1 atom stereocenters. The molecule has 2 aliphatic rings. The molecule has 0 nitrogen and oxygen atoms in total. The van der Waals surface area contributed by atoms with Crippen LogP contribution in [0.1, 0.15) is 19.8 Å². The van der Waals surface area contributed by atoms with Gasteiger partial charge >= 0.3 is 0 Å². The van der Waals surface area contributed by atoms with Crippen LogP contribution < -0.4 is 0 Å². The van der Waals surface area contributed by atoms with Gasteiger partial charge in [0.15, 0.2) is 0 Å². The van der Waals surface area contributed by atoms with E-state index in [0.29, 0.717) is 5.41 Å². The maximum atomic E-state index is 2.32. The van der Waals surface area contributed by atoms with E-state index in [1.54, 1.807) is 0 Å². The lowest BCUT2D eigenvalue weighted by atomic mass is 9.70. The van der Waals surface area contributed by atoms with Crippen molar-refractivity contribution in [3.8, 4) is 0 Å². The van der Waals surface area contributed by atoms with Crippen molar-refractivity contribution in [3.63, 3.8) is 0 Å². The summed E-state index contributed by atoms with van der Waals surface area (Å²) >= 11 is 0. The van der Waals surface area contributed by atoms with Crippen LogP contribution in [-0.4, -0.2) is 0 Å². The average Bonchev–Trinajstić information content (AvgIpc) is 1.85. The summed E-state index contributed by atoms with van der Waals surface area (Å²) in [6, 6.07) is 0. The Morgan fingerprint density at radius 2 is 2.20 bits per heavy atom. The standard InChI is InChI=1S/C10H12/c1-9-4-2-5-10(8-9)6-3-7-10/h2-6H,7-8H2,1H3. The van der Waals surface area contributed by atoms with Crippen LogP contribution in [0.25, 0.3) is 0 Å². The van der Waals surface area contributed by atoms with Crippen molar-refractivity contribution in [2.45, 2.75) is 19.8 Å². The molecule has 1 spiro atoms. The van der Waals surface area contributed by atoms with Gasteiger partial charge in [0.05, 0.1) is 0 Å². The van der Waals surface area contributed by atoms with Crippen LogP contribution in [0.3, 0.4) is 0 Å². The van der Waals surface area contributed by atoms with Crippen LogP contribution >= 0.6 is 0 Å². The normalized spacial score (nSPS) is 35.9. The average molecular weight is 132 g/mol. The van der Waals surface area contributed by atoms with Gasteiger partial charge in [-0.25, -0.2) is 0 Å². The van der Waals surface area contributed by atoms with E-state index in [1.807, 2.05) is 0 Å². The minimum Gasteiger partial charge on any atom is -0.0865 e. The molecule has 0 aliphatic heterocycles. The van der Waals surface area contributed by atoms with Crippen LogP contribution in [0.15, 0.2) is 36.0 Å². The van der Waals surface area contributed by atoms with Gasteiger partial charge in [-0.1, -0.05) is 36.0 Å². The van der Waals surface area contributed by atoms with E-state index in [2.05, 4.69) is 37.3 Å². The first kappa shape index (κ1) is 5.96. The van der Waals surface area contributed by atoms with Crippen molar-refractivity contribution in [2.24, 2.45) is 5.41 Å². The van der Waals surface area contributed by atoms with E-state index < -0.39 is 0 Å². The first-order valence-corrected chi connectivity index (χ1v) is 3.83. The Labute approximate surface area is 61.9 Å². The largest absolute Gasteiger partial charge is 0.0865 e. The number of allylic oxidation sites excluding steroid dienone is 6. The van der Waals surface area contributed by atoms with Crippen molar-refractivity contribution in [3.05, 3.63) is 36.0 Å². The smallest absolute Gasteiger partial charge is 0.0136 e. The summed E-state index contributed by atoms with van der Waals surface area (Å²) in [5.41, 5.74) is 1.95. The molecule has 0 heteroatoms. The zero-order chi connectivity index (χ0) is 7.03. The molecule has 0 saturated heterocycles. The fraction of sp³-hybridized carbons (Fsp3) is 0.400. The van der Waals surface area contributed by atoms with Gasteiger partial charge in [-0.2, -0.15) is 0 Å². The molecule has 0 aromatic heterocycles. The van der Waals surface area contributed by atoms with Crippen molar-refractivity contribution < 1.29 is 0 Å². The lowest BCUT2D eigenvalue weighted by Gasteiger charge is -2.34.